The monoisotopic (exact) mass is 1280 g/mol. The summed E-state index contributed by atoms with van der Waals surface area (Å²) in [6, 6.07) is 9.92. The van der Waals surface area contributed by atoms with Crippen LogP contribution in [0, 0.1) is 0 Å². The number of carbonyl (C=O) groups is 5. The Bertz CT molecular complexity index is 1160. The second-order valence-corrected chi connectivity index (χ2v) is 24.1. The van der Waals surface area contributed by atoms with Crippen LogP contribution in [0.1, 0.15) is 218 Å². The fourth-order valence-electron chi connectivity index (χ4n) is 1.64. The third-order valence-corrected chi connectivity index (χ3v) is 10.6. The van der Waals surface area contributed by atoms with Gasteiger partial charge in [-0.2, -0.15) is 0 Å². The molecule has 88 heavy (non-hydrogen) atoms. The van der Waals surface area contributed by atoms with Crippen LogP contribution in [0.3, 0.4) is 0 Å². The molecule has 0 heterocycles. The summed E-state index contributed by atoms with van der Waals surface area (Å²) in [6.45, 7) is 0. The Balaban J connectivity index is -0.000000273. The molecule has 17 aliphatic carbocycles. The van der Waals surface area contributed by atoms with E-state index in [9.17, 15) is 0 Å². The van der Waals surface area contributed by atoms with E-state index < -0.39 is 30.8 Å². The van der Waals surface area contributed by atoms with Crippen LogP contribution < -0.4 is 97.5 Å². The summed E-state index contributed by atoms with van der Waals surface area (Å²) in [5.74, 6) is 0. The lowest BCUT2D eigenvalue weighted by Crippen LogP contribution is -1.94. The molecule has 0 unspecified atom stereocenters. The molecule has 0 amide bonds. The molecule has 17 fully saturated rings. The van der Waals surface area contributed by atoms with Gasteiger partial charge in [-0.25, -0.2) is 24.0 Å². The zero-order valence-electron chi connectivity index (χ0n) is 52.7. The van der Waals surface area contributed by atoms with Crippen LogP contribution in [0.25, 0.3) is 0 Å². The minimum Gasteiger partial charge on any atom is -0.450 e. The molecule has 32 heteroatoms. The second-order valence-electron chi connectivity index (χ2n) is 24.1. The molecule has 0 aliphatic heterocycles. The predicted molar refractivity (Wildman–Crippen MR) is 346 cm³/mol. The minimum atomic E-state index is -1.83. The van der Waals surface area contributed by atoms with E-state index in [1.165, 1.54) is 218 Å². The molecule has 0 saturated heterocycles. The average molecular weight is 1280 g/mol. The maximum Gasteiger partial charge on any atom is 0.503 e. The molecular formula is C56H129N17O15. The third kappa shape index (κ3) is 244. The Hall–Kier alpha value is -4.33. The Kier molecular flexibility index (Phi) is 63.3. The molecule has 0 aromatic heterocycles. The van der Waals surface area contributed by atoms with Crippen molar-refractivity contribution in [3.8, 4) is 0 Å². The van der Waals surface area contributed by atoms with E-state index in [2.05, 4.69) is 0 Å². The molecule has 44 N–H and O–H groups in total. The molecule has 17 rings (SSSR count). The van der Waals surface area contributed by atoms with Gasteiger partial charge in [0, 0.05) is 103 Å². The number of nitrogens with two attached hydrogens (primary N) is 17. The van der Waals surface area contributed by atoms with Gasteiger partial charge in [-0.3, -0.25) is 0 Å². The van der Waals surface area contributed by atoms with E-state index in [1.54, 1.807) is 0 Å². The molecular weight excluding hydrogens is 1150 g/mol. The van der Waals surface area contributed by atoms with Crippen molar-refractivity contribution in [3.63, 3.8) is 0 Å². The maximum absolute atomic E-state index is 8.56. The molecule has 32 nitrogen and oxygen atoms in total. The summed E-state index contributed by atoms with van der Waals surface area (Å²) in [5, 5.41) is 69.7. The van der Waals surface area contributed by atoms with Crippen LogP contribution in [-0.2, 0) is 0 Å². The van der Waals surface area contributed by atoms with Gasteiger partial charge in [0.25, 0.3) is 0 Å². The smallest absolute Gasteiger partial charge is 0.450 e. The van der Waals surface area contributed by atoms with Crippen LogP contribution in [0.5, 0.6) is 0 Å². The maximum atomic E-state index is 8.56. The highest BCUT2D eigenvalue weighted by Crippen LogP contribution is 2.19. The lowest BCUT2D eigenvalue weighted by atomic mass is 10.8. The van der Waals surface area contributed by atoms with E-state index in [-0.39, 0.29) is 0 Å². The first-order valence-corrected chi connectivity index (χ1v) is 31.3. The van der Waals surface area contributed by atoms with Crippen LogP contribution in [0.15, 0.2) is 0 Å². The first kappa shape index (κ1) is 92.4. The summed E-state index contributed by atoms with van der Waals surface area (Å²) in [4.78, 5) is 42.8. The SMILES string of the molecule is NC1CC1.NC1CC1.NC1CC1.NC1CC1.NC1CC1.NC1CC1.NC1CC1.NC1CC1.NC1CC1.NC1CC1.NC1CC1.NC1CC1.NC1CC1.NC1CC1.NC1CC1.NC1CC1.NC1CC1.O=C(O)O.O=C(O)O.O=C(O)O.O=C(O)O.O=C(O)O. The Labute approximate surface area is 522 Å². The van der Waals surface area contributed by atoms with Crippen molar-refractivity contribution in [2.24, 2.45) is 97.5 Å². The summed E-state index contributed by atoms with van der Waals surface area (Å²) < 4.78 is 0. The average Bonchev–Trinajstić information content (AvgIpc) is 4.14. The van der Waals surface area contributed by atoms with Gasteiger partial charge in [-0.15, -0.1) is 0 Å². The van der Waals surface area contributed by atoms with Gasteiger partial charge < -0.3 is 149 Å². The lowest BCUT2D eigenvalue weighted by Gasteiger charge is -1.60. The van der Waals surface area contributed by atoms with Gasteiger partial charge in [0.05, 0.1) is 0 Å². The molecule has 17 aliphatic rings. The first-order chi connectivity index (χ1) is 40.9. The second kappa shape index (κ2) is 60.2. The summed E-state index contributed by atoms with van der Waals surface area (Å²) in [7, 11) is 0. The summed E-state index contributed by atoms with van der Waals surface area (Å²) in [6.07, 6.45) is 33.8. The highest BCUT2D eigenvalue weighted by atomic mass is 16.6. The normalized spacial score (nSPS) is 21.6. The number of hydrogen-bond donors (Lipinski definition) is 27. The standard InChI is InChI=1S/17C3H7N.5CH2O3/c17*4-3-1-2-3;5*2-1(3)4/h17*3H,1-2,4H2;5*(H2,2,3,4). The van der Waals surface area contributed by atoms with E-state index >= 15 is 0 Å². The molecule has 0 atom stereocenters. The minimum absolute atomic E-state index is 0.583. The first-order valence-electron chi connectivity index (χ1n) is 31.3. The summed E-state index contributed by atoms with van der Waals surface area (Å²) in [5.41, 5.74) is 88.8. The largest absolute Gasteiger partial charge is 0.503 e. The molecule has 0 spiro atoms. The van der Waals surface area contributed by atoms with Gasteiger partial charge in [-0.05, 0) is 218 Å². The van der Waals surface area contributed by atoms with Gasteiger partial charge in [0.15, 0.2) is 0 Å². The highest BCUT2D eigenvalue weighted by Gasteiger charge is 2.19. The Morgan fingerprint density at radius 2 is 0.148 bits per heavy atom. The molecule has 0 aromatic rings. The van der Waals surface area contributed by atoms with E-state index in [1.807, 2.05) is 0 Å². The van der Waals surface area contributed by atoms with Crippen molar-refractivity contribution in [2.45, 2.75) is 321 Å². The van der Waals surface area contributed by atoms with Gasteiger partial charge in [0.1, 0.15) is 0 Å². The molecule has 17 saturated carbocycles. The summed E-state index contributed by atoms with van der Waals surface area (Å²) >= 11 is 0. The molecule has 0 bridgehead atoms. The quantitative estimate of drug-likeness (QED) is 0.166. The zero-order valence-corrected chi connectivity index (χ0v) is 52.7. The highest BCUT2D eigenvalue weighted by molar-refractivity contribution is 5.54. The fraction of sp³-hybridized carbons (Fsp3) is 0.911. The predicted octanol–water partition coefficient (Wildman–Crippen LogP) is 2.94. The van der Waals surface area contributed by atoms with Crippen molar-refractivity contribution in [1.29, 1.82) is 0 Å². The van der Waals surface area contributed by atoms with Gasteiger partial charge in [-0.1, -0.05) is 0 Å². The molecule has 528 valence electrons. The van der Waals surface area contributed by atoms with Crippen molar-refractivity contribution >= 4 is 30.8 Å². The van der Waals surface area contributed by atoms with Crippen LogP contribution >= 0.6 is 0 Å². The Morgan fingerprint density at radius 1 is 0.136 bits per heavy atom. The number of rotatable bonds is 0. The van der Waals surface area contributed by atoms with Crippen LogP contribution in [0.4, 0.5) is 24.0 Å². The lowest BCUT2D eigenvalue weighted by molar-refractivity contribution is 0.135. The topological polar surface area (TPSA) is 730 Å². The van der Waals surface area contributed by atoms with E-state index in [0.29, 0.717) is 103 Å². The van der Waals surface area contributed by atoms with Crippen LogP contribution in [-0.4, -0.2) is 185 Å². The number of hydrogen-bond acceptors (Lipinski definition) is 22. The fourth-order valence-corrected chi connectivity index (χ4v) is 1.64. The van der Waals surface area contributed by atoms with E-state index in [0.717, 1.165) is 0 Å². The molecule has 0 aromatic carbocycles. The number of carboxylic acid groups (broad SMARTS) is 10. The van der Waals surface area contributed by atoms with Gasteiger partial charge in [0.2, 0.25) is 0 Å². The third-order valence-electron chi connectivity index (χ3n) is 10.6. The van der Waals surface area contributed by atoms with Crippen molar-refractivity contribution < 1.29 is 75.0 Å². The van der Waals surface area contributed by atoms with Crippen LogP contribution in [0.2, 0.25) is 0 Å². The van der Waals surface area contributed by atoms with Gasteiger partial charge >= 0.3 is 30.8 Å². The van der Waals surface area contributed by atoms with Crippen molar-refractivity contribution in [3.05, 3.63) is 0 Å². The van der Waals surface area contributed by atoms with Crippen molar-refractivity contribution in [1.82, 2.24) is 0 Å². The van der Waals surface area contributed by atoms with Crippen molar-refractivity contribution in [2.75, 3.05) is 0 Å². The van der Waals surface area contributed by atoms with E-state index in [4.69, 9.17) is 173 Å². The molecule has 0 radical (unpaired) electrons. The zero-order chi connectivity index (χ0) is 68.7. The Morgan fingerprint density at radius 3 is 0.148 bits per heavy atom.